The molecule has 2 heterocycles. The van der Waals surface area contributed by atoms with E-state index in [1.807, 2.05) is 54.6 Å². The van der Waals surface area contributed by atoms with Gasteiger partial charge in [-0.1, -0.05) is 30.3 Å². The Morgan fingerprint density at radius 2 is 1.92 bits per heavy atom. The molecule has 0 atom stereocenters. The number of methoxy groups -OCH3 is 1. The Hall–Kier alpha value is -3.54. The van der Waals surface area contributed by atoms with E-state index in [2.05, 4.69) is 20.2 Å². The van der Waals surface area contributed by atoms with E-state index in [9.17, 15) is 5.11 Å². The van der Waals surface area contributed by atoms with Crippen LogP contribution in [0.4, 0.5) is 5.82 Å². The molecule has 6 nitrogen and oxygen atoms in total. The van der Waals surface area contributed by atoms with Gasteiger partial charge in [-0.15, -0.1) is 0 Å². The quantitative estimate of drug-likeness (QED) is 0.493. The number of fused-ring (bicyclic) bond motifs is 1. The number of benzene rings is 2. The van der Waals surface area contributed by atoms with Crippen LogP contribution in [0, 0.1) is 0 Å². The van der Waals surface area contributed by atoms with Crippen molar-refractivity contribution in [2.75, 3.05) is 7.11 Å². The lowest BCUT2D eigenvalue weighted by atomic mass is 10.1. The molecule has 0 aliphatic carbocycles. The summed E-state index contributed by atoms with van der Waals surface area (Å²) in [5.74, 6) is 1.37. The predicted molar refractivity (Wildman–Crippen MR) is 97.8 cm³/mol. The molecule has 0 fully saturated rings. The first kappa shape index (κ1) is 15.0. The van der Waals surface area contributed by atoms with Crippen molar-refractivity contribution in [3.05, 3.63) is 60.2 Å². The van der Waals surface area contributed by atoms with Crippen molar-refractivity contribution in [3.8, 4) is 22.9 Å². The Kier molecular flexibility index (Phi) is 3.70. The zero-order valence-electron chi connectivity index (χ0n) is 13.5. The van der Waals surface area contributed by atoms with Crippen LogP contribution in [-0.4, -0.2) is 33.6 Å². The maximum Gasteiger partial charge on any atom is 0.198 e. The average molecular weight is 332 g/mol. The minimum Gasteiger partial charge on any atom is -0.496 e. The summed E-state index contributed by atoms with van der Waals surface area (Å²) in [6.45, 7) is 0. The number of aliphatic imine (C=N–C) groups is 1. The summed E-state index contributed by atoms with van der Waals surface area (Å²) in [5, 5.41) is 18.2. The van der Waals surface area contributed by atoms with Crippen LogP contribution in [0.15, 0.2) is 59.6 Å². The van der Waals surface area contributed by atoms with Crippen molar-refractivity contribution in [2.45, 2.75) is 0 Å². The Morgan fingerprint density at radius 3 is 2.80 bits per heavy atom. The molecule has 0 unspecified atom stereocenters. The number of hydrogen-bond donors (Lipinski definition) is 3. The van der Waals surface area contributed by atoms with E-state index >= 15 is 0 Å². The summed E-state index contributed by atoms with van der Waals surface area (Å²) < 4.78 is 5.37. The summed E-state index contributed by atoms with van der Waals surface area (Å²) in [6, 6.07) is 17.2. The minimum atomic E-state index is 0.0884. The number of aromatic hydroxyl groups is 1. The summed E-state index contributed by atoms with van der Waals surface area (Å²) >= 11 is 0. The van der Waals surface area contributed by atoms with Crippen molar-refractivity contribution in [2.24, 2.45) is 4.99 Å². The standard InChI is InChI=1S/C19H16N4O2/c1-25-17-9-5-3-7-13(17)16-10-18(23-22-16)20-11-14-12-6-2-4-8-15(12)21-19(14)24/h2-11,21,24H,1H3,(H,22,23). The monoisotopic (exact) mass is 332 g/mol. The molecular weight excluding hydrogens is 316 g/mol. The van der Waals surface area contributed by atoms with Gasteiger partial charge in [0.25, 0.3) is 0 Å². The topological polar surface area (TPSA) is 86.3 Å². The van der Waals surface area contributed by atoms with E-state index in [0.29, 0.717) is 11.4 Å². The van der Waals surface area contributed by atoms with Crippen LogP contribution < -0.4 is 4.74 Å². The Bertz CT molecular complexity index is 1060. The maximum absolute atomic E-state index is 10.1. The van der Waals surface area contributed by atoms with Gasteiger partial charge in [0.2, 0.25) is 0 Å². The van der Waals surface area contributed by atoms with E-state index in [-0.39, 0.29) is 5.88 Å². The van der Waals surface area contributed by atoms with E-state index in [1.54, 1.807) is 13.3 Å². The minimum absolute atomic E-state index is 0.0884. The van der Waals surface area contributed by atoms with Crippen LogP contribution >= 0.6 is 0 Å². The molecule has 0 spiro atoms. The number of nitrogens with one attached hydrogen (secondary N) is 2. The highest BCUT2D eigenvalue weighted by molar-refractivity contribution is 6.02. The van der Waals surface area contributed by atoms with Crippen LogP contribution in [0.5, 0.6) is 11.6 Å². The third kappa shape index (κ3) is 2.74. The molecule has 4 rings (SSSR count). The smallest absolute Gasteiger partial charge is 0.198 e. The second kappa shape index (κ2) is 6.16. The number of aromatic nitrogens is 3. The summed E-state index contributed by atoms with van der Waals surface area (Å²) in [7, 11) is 1.63. The van der Waals surface area contributed by atoms with Crippen LogP contribution in [0.2, 0.25) is 0 Å². The molecule has 0 amide bonds. The molecule has 0 saturated carbocycles. The van der Waals surface area contributed by atoms with Crippen LogP contribution in [0.3, 0.4) is 0 Å². The van der Waals surface area contributed by atoms with Gasteiger partial charge >= 0.3 is 0 Å². The zero-order valence-corrected chi connectivity index (χ0v) is 13.5. The molecule has 124 valence electrons. The highest BCUT2D eigenvalue weighted by Crippen LogP contribution is 2.30. The molecule has 2 aromatic heterocycles. The van der Waals surface area contributed by atoms with Gasteiger partial charge < -0.3 is 14.8 Å². The molecule has 6 heteroatoms. The largest absolute Gasteiger partial charge is 0.496 e. The second-order valence-electron chi connectivity index (χ2n) is 5.53. The fraction of sp³-hybridized carbons (Fsp3) is 0.0526. The van der Waals surface area contributed by atoms with Crippen molar-refractivity contribution >= 4 is 22.9 Å². The highest BCUT2D eigenvalue weighted by Gasteiger charge is 2.10. The molecule has 0 radical (unpaired) electrons. The fourth-order valence-corrected chi connectivity index (χ4v) is 2.79. The molecule has 25 heavy (non-hydrogen) atoms. The number of nitrogens with zero attached hydrogens (tertiary/aromatic N) is 2. The zero-order chi connectivity index (χ0) is 17.2. The van der Waals surface area contributed by atoms with Crippen LogP contribution in [0.1, 0.15) is 5.56 Å². The van der Waals surface area contributed by atoms with Gasteiger partial charge in [0.1, 0.15) is 5.75 Å². The summed E-state index contributed by atoms with van der Waals surface area (Å²) in [4.78, 5) is 7.30. The van der Waals surface area contributed by atoms with Gasteiger partial charge in [0, 0.05) is 28.7 Å². The van der Waals surface area contributed by atoms with Crippen molar-refractivity contribution < 1.29 is 9.84 Å². The molecule has 2 aromatic carbocycles. The van der Waals surface area contributed by atoms with Crippen molar-refractivity contribution in [1.29, 1.82) is 0 Å². The number of ether oxygens (including phenoxy) is 1. The summed E-state index contributed by atoms with van der Waals surface area (Å²) in [5.41, 5.74) is 3.22. The van der Waals surface area contributed by atoms with Gasteiger partial charge in [-0.3, -0.25) is 5.10 Å². The van der Waals surface area contributed by atoms with Crippen LogP contribution in [-0.2, 0) is 0 Å². The van der Waals surface area contributed by atoms with E-state index in [4.69, 9.17) is 4.74 Å². The van der Waals surface area contributed by atoms with Gasteiger partial charge in [0.05, 0.1) is 18.4 Å². The SMILES string of the molecule is COc1ccccc1-c1cc(N=Cc2c(O)[nH]c3ccccc23)n[nH]1. The van der Waals surface area contributed by atoms with E-state index in [1.165, 1.54) is 0 Å². The second-order valence-corrected chi connectivity index (χ2v) is 5.53. The first-order valence-corrected chi connectivity index (χ1v) is 7.79. The van der Waals surface area contributed by atoms with Gasteiger partial charge in [-0.05, 0) is 18.2 Å². The van der Waals surface area contributed by atoms with Gasteiger partial charge in [-0.25, -0.2) is 4.99 Å². The predicted octanol–water partition coefficient (Wildman–Crippen LogP) is 4.02. The lowest BCUT2D eigenvalue weighted by molar-refractivity contribution is 0.416. The van der Waals surface area contributed by atoms with E-state index < -0.39 is 0 Å². The Morgan fingerprint density at radius 1 is 1.12 bits per heavy atom. The molecule has 0 aliphatic heterocycles. The molecule has 4 aromatic rings. The molecule has 0 aliphatic rings. The molecule has 3 N–H and O–H groups in total. The Labute approximate surface area is 143 Å². The number of hydrogen-bond acceptors (Lipinski definition) is 4. The van der Waals surface area contributed by atoms with Crippen molar-refractivity contribution in [3.63, 3.8) is 0 Å². The first-order valence-electron chi connectivity index (χ1n) is 7.79. The third-order valence-electron chi connectivity index (χ3n) is 4.01. The third-order valence-corrected chi connectivity index (χ3v) is 4.01. The van der Waals surface area contributed by atoms with Gasteiger partial charge in [0.15, 0.2) is 11.7 Å². The fourth-order valence-electron chi connectivity index (χ4n) is 2.79. The first-order chi connectivity index (χ1) is 12.3. The van der Waals surface area contributed by atoms with E-state index in [0.717, 1.165) is 27.9 Å². The summed E-state index contributed by atoms with van der Waals surface area (Å²) in [6.07, 6.45) is 1.61. The number of para-hydroxylation sites is 2. The highest BCUT2D eigenvalue weighted by atomic mass is 16.5. The number of rotatable bonds is 4. The lowest BCUT2D eigenvalue weighted by Crippen LogP contribution is -1.87. The number of H-pyrrole nitrogens is 2. The lowest BCUT2D eigenvalue weighted by Gasteiger charge is -2.04. The van der Waals surface area contributed by atoms with Crippen LogP contribution in [0.25, 0.3) is 22.2 Å². The Balaban J connectivity index is 1.67. The van der Waals surface area contributed by atoms with Gasteiger partial charge in [-0.2, -0.15) is 5.10 Å². The molecule has 0 saturated heterocycles. The van der Waals surface area contributed by atoms with Crippen molar-refractivity contribution in [1.82, 2.24) is 15.2 Å². The normalized spacial score (nSPS) is 11.4. The molecular formula is C19H16N4O2. The average Bonchev–Trinajstić information content (AvgIpc) is 3.23. The number of aromatic amines is 2. The molecule has 0 bridgehead atoms. The maximum atomic E-state index is 10.1.